The number of ether oxygens (including phenoxy) is 1. The van der Waals surface area contributed by atoms with Crippen molar-refractivity contribution in [2.45, 2.75) is 45.4 Å². The predicted molar refractivity (Wildman–Crippen MR) is 90.3 cm³/mol. The summed E-state index contributed by atoms with van der Waals surface area (Å²) < 4.78 is 4.90. The first kappa shape index (κ1) is 17.5. The number of carbonyl (C=O) groups is 2. The average molecular weight is 317 g/mol. The lowest BCUT2D eigenvalue weighted by Crippen LogP contribution is -2.37. The Morgan fingerprint density at radius 3 is 2.43 bits per heavy atom. The molecular weight excluding hydrogens is 290 g/mol. The maximum Gasteiger partial charge on any atom is 0.309 e. The summed E-state index contributed by atoms with van der Waals surface area (Å²) in [5, 5.41) is 2.98. The van der Waals surface area contributed by atoms with Crippen LogP contribution in [0.1, 0.15) is 61.4 Å². The zero-order chi connectivity index (χ0) is 16.8. The van der Waals surface area contributed by atoms with Crippen molar-refractivity contribution in [2.75, 3.05) is 13.7 Å². The molecule has 2 atom stereocenters. The Labute approximate surface area is 138 Å². The molecule has 1 aromatic rings. The van der Waals surface area contributed by atoms with Gasteiger partial charge in [-0.15, -0.1) is 0 Å². The van der Waals surface area contributed by atoms with Gasteiger partial charge in [-0.25, -0.2) is 0 Å². The highest BCUT2D eigenvalue weighted by atomic mass is 16.5. The molecule has 0 bridgehead atoms. The van der Waals surface area contributed by atoms with E-state index in [0.29, 0.717) is 18.0 Å². The van der Waals surface area contributed by atoms with Crippen LogP contribution in [-0.4, -0.2) is 25.5 Å². The van der Waals surface area contributed by atoms with Gasteiger partial charge in [-0.2, -0.15) is 0 Å². The number of esters is 1. The maximum atomic E-state index is 12.3. The Bertz CT molecular complexity index is 536. The zero-order valence-electron chi connectivity index (χ0n) is 14.3. The second-order valence-corrected chi connectivity index (χ2v) is 6.66. The molecular formula is C19H27NO3. The summed E-state index contributed by atoms with van der Waals surface area (Å²) in [5.74, 6) is 0.322. The number of hydrogen-bond donors (Lipinski definition) is 1. The fraction of sp³-hybridized carbons (Fsp3) is 0.579. The minimum absolute atomic E-state index is 0.0745. The van der Waals surface area contributed by atoms with Gasteiger partial charge in [0.2, 0.25) is 0 Å². The first-order valence-electron chi connectivity index (χ1n) is 8.49. The molecule has 0 aliphatic heterocycles. The standard InChI is InChI=1S/C19H27NO3/c1-13(2)14-8-10-15(11-9-14)18(21)20-12-16-6-4-5-7-17(16)19(22)23-3/h8-11,13,16-17H,4-7,12H2,1-3H3,(H,20,21). The molecule has 1 fully saturated rings. The molecule has 1 N–H and O–H groups in total. The van der Waals surface area contributed by atoms with Crippen LogP contribution >= 0.6 is 0 Å². The molecule has 4 heteroatoms. The fourth-order valence-electron chi connectivity index (χ4n) is 3.26. The van der Waals surface area contributed by atoms with Gasteiger partial charge < -0.3 is 10.1 Å². The van der Waals surface area contributed by atoms with Crippen LogP contribution in [0.25, 0.3) is 0 Å². The third-order valence-corrected chi connectivity index (χ3v) is 4.78. The van der Waals surface area contributed by atoms with E-state index in [0.717, 1.165) is 25.7 Å². The number of methoxy groups -OCH3 is 1. The number of carbonyl (C=O) groups excluding carboxylic acids is 2. The molecule has 23 heavy (non-hydrogen) atoms. The van der Waals surface area contributed by atoms with Crippen molar-refractivity contribution in [3.63, 3.8) is 0 Å². The third kappa shape index (κ3) is 4.57. The fourth-order valence-corrected chi connectivity index (χ4v) is 3.26. The summed E-state index contributed by atoms with van der Waals surface area (Å²) in [5.41, 5.74) is 1.89. The summed E-state index contributed by atoms with van der Waals surface area (Å²) in [6.07, 6.45) is 3.99. The molecule has 126 valence electrons. The van der Waals surface area contributed by atoms with Gasteiger partial charge in [0.25, 0.3) is 5.91 Å². The van der Waals surface area contributed by atoms with Crippen molar-refractivity contribution in [3.05, 3.63) is 35.4 Å². The van der Waals surface area contributed by atoms with Gasteiger partial charge in [0, 0.05) is 12.1 Å². The van der Waals surface area contributed by atoms with Gasteiger partial charge >= 0.3 is 5.97 Å². The summed E-state index contributed by atoms with van der Waals surface area (Å²) in [4.78, 5) is 24.1. The highest BCUT2D eigenvalue weighted by molar-refractivity contribution is 5.94. The maximum absolute atomic E-state index is 12.3. The van der Waals surface area contributed by atoms with E-state index in [1.165, 1.54) is 12.7 Å². The Hall–Kier alpha value is -1.84. The quantitative estimate of drug-likeness (QED) is 0.845. The number of benzene rings is 1. The van der Waals surface area contributed by atoms with Crippen LogP contribution in [0.3, 0.4) is 0 Å². The monoisotopic (exact) mass is 317 g/mol. The van der Waals surface area contributed by atoms with Gasteiger partial charge in [-0.1, -0.05) is 38.8 Å². The molecule has 0 saturated heterocycles. The zero-order valence-corrected chi connectivity index (χ0v) is 14.3. The third-order valence-electron chi connectivity index (χ3n) is 4.78. The Morgan fingerprint density at radius 1 is 1.17 bits per heavy atom. The lowest BCUT2D eigenvalue weighted by Gasteiger charge is -2.29. The van der Waals surface area contributed by atoms with E-state index in [1.807, 2.05) is 24.3 Å². The summed E-state index contributed by atoms with van der Waals surface area (Å²) in [7, 11) is 1.43. The topological polar surface area (TPSA) is 55.4 Å². The second kappa shape index (κ2) is 8.14. The average Bonchev–Trinajstić information content (AvgIpc) is 2.59. The molecule has 1 aliphatic rings. The van der Waals surface area contributed by atoms with Crippen molar-refractivity contribution >= 4 is 11.9 Å². The molecule has 0 aromatic heterocycles. The Kier molecular flexibility index (Phi) is 6.20. The number of nitrogens with one attached hydrogen (secondary N) is 1. The normalized spacial score (nSPS) is 21.0. The van der Waals surface area contributed by atoms with Crippen molar-refractivity contribution in [1.29, 1.82) is 0 Å². The van der Waals surface area contributed by atoms with E-state index >= 15 is 0 Å². The molecule has 2 rings (SSSR count). The van der Waals surface area contributed by atoms with Crippen molar-refractivity contribution in [3.8, 4) is 0 Å². The summed E-state index contributed by atoms with van der Waals surface area (Å²) >= 11 is 0. The van der Waals surface area contributed by atoms with Gasteiger partial charge in [0.1, 0.15) is 0 Å². The second-order valence-electron chi connectivity index (χ2n) is 6.66. The molecule has 2 unspecified atom stereocenters. The molecule has 1 saturated carbocycles. The summed E-state index contributed by atoms with van der Waals surface area (Å²) in [6, 6.07) is 7.72. The van der Waals surface area contributed by atoms with E-state index < -0.39 is 0 Å². The van der Waals surface area contributed by atoms with Crippen LogP contribution in [-0.2, 0) is 9.53 Å². The molecule has 1 amide bonds. The van der Waals surface area contributed by atoms with E-state index in [4.69, 9.17) is 4.74 Å². The van der Waals surface area contributed by atoms with E-state index in [9.17, 15) is 9.59 Å². The Morgan fingerprint density at radius 2 is 1.83 bits per heavy atom. The molecule has 4 nitrogen and oxygen atoms in total. The van der Waals surface area contributed by atoms with E-state index in [-0.39, 0.29) is 23.7 Å². The predicted octanol–water partition coefficient (Wildman–Crippen LogP) is 3.52. The summed E-state index contributed by atoms with van der Waals surface area (Å²) in [6.45, 7) is 4.79. The van der Waals surface area contributed by atoms with Crippen LogP contribution in [0.4, 0.5) is 0 Å². The minimum Gasteiger partial charge on any atom is -0.469 e. The first-order chi connectivity index (χ1) is 11.0. The van der Waals surface area contributed by atoms with Crippen molar-refractivity contribution in [1.82, 2.24) is 5.32 Å². The first-order valence-corrected chi connectivity index (χ1v) is 8.49. The molecule has 0 heterocycles. The molecule has 0 radical (unpaired) electrons. The van der Waals surface area contributed by atoms with Crippen molar-refractivity contribution in [2.24, 2.45) is 11.8 Å². The van der Waals surface area contributed by atoms with Crippen molar-refractivity contribution < 1.29 is 14.3 Å². The van der Waals surface area contributed by atoms with E-state index in [2.05, 4.69) is 19.2 Å². The lowest BCUT2D eigenvalue weighted by atomic mass is 9.79. The number of amides is 1. The molecule has 1 aliphatic carbocycles. The van der Waals surface area contributed by atoms with Gasteiger partial charge in [0.15, 0.2) is 0 Å². The smallest absolute Gasteiger partial charge is 0.309 e. The van der Waals surface area contributed by atoms with Gasteiger partial charge in [0.05, 0.1) is 13.0 Å². The SMILES string of the molecule is COC(=O)C1CCCCC1CNC(=O)c1ccc(C(C)C)cc1. The van der Waals surface area contributed by atoms with Crippen LogP contribution in [0.2, 0.25) is 0 Å². The van der Waals surface area contributed by atoms with Crippen LogP contribution < -0.4 is 5.32 Å². The molecule has 0 spiro atoms. The molecule has 1 aromatic carbocycles. The van der Waals surface area contributed by atoms with Gasteiger partial charge in [-0.05, 0) is 42.4 Å². The Balaban J connectivity index is 1.93. The van der Waals surface area contributed by atoms with Gasteiger partial charge in [-0.3, -0.25) is 9.59 Å². The minimum atomic E-state index is -0.148. The highest BCUT2D eigenvalue weighted by Crippen LogP contribution is 2.30. The number of rotatable bonds is 5. The highest BCUT2D eigenvalue weighted by Gasteiger charge is 2.31. The van der Waals surface area contributed by atoms with Crippen LogP contribution in [0, 0.1) is 11.8 Å². The van der Waals surface area contributed by atoms with E-state index in [1.54, 1.807) is 0 Å². The lowest BCUT2D eigenvalue weighted by molar-refractivity contribution is -0.148. The largest absolute Gasteiger partial charge is 0.469 e. The number of hydrogen-bond acceptors (Lipinski definition) is 3. The van der Waals surface area contributed by atoms with Crippen LogP contribution in [0.5, 0.6) is 0 Å². The van der Waals surface area contributed by atoms with Crippen LogP contribution in [0.15, 0.2) is 24.3 Å².